The lowest BCUT2D eigenvalue weighted by Gasteiger charge is -2.01. The van der Waals surface area contributed by atoms with Crippen LogP contribution in [0, 0.1) is 6.92 Å². The number of hydrogen-bond donors (Lipinski definition) is 0. The maximum absolute atomic E-state index is 12.6. The predicted molar refractivity (Wildman–Crippen MR) is 83.1 cm³/mol. The molecule has 0 unspecified atom stereocenters. The van der Waals surface area contributed by atoms with Gasteiger partial charge in [0.05, 0.1) is 5.69 Å². The third-order valence-electron chi connectivity index (χ3n) is 3.29. The average Bonchev–Trinajstić information content (AvgIpc) is 2.87. The summed E-state index contributed by atoms with van der Waals surface area (Å²) >= 11 is 1.36. The van der Waals surface area contributed by atoms with Gasteiger partial charge in [-0.15, -0.1) is 16.4 Å². The standard InChI is InChI=1S/C15H10N4OS/c1-9-7-8-11-12-13(21-14(11)16-9)15(20)19(18-17-12)10-5-3-2-4-6-10/h2-8H,1H3. The Kier molecular flexibility index (Phi) is 2.58. The quantitative estimate of drug-likeness (QED) is 0.541. The van der Waals surface area contributed by atoms with E-state index in [9.17, 15) is 4.79 Å². The number of aromatic nitrogens is 4. The molecule has 0 aliphatic heterocycles. The van der Waals surface area contributed by atoms with Gasteiger partial charge in [0.2, 0.25) is 0 Å². The van der Waals surface area contributed by atoms with Gasteiger partial charge in [-0.2, -0.15) is 4.68 Å². The van der Waals surface area contributed by atoms with Crippen LogP contribution >= 0.6 is 11.3 Å². The van der Waals surface area contributed by atoms with E-state index in [4.69, 9.17) is 0 Å². The number of para-hydroxylation sites is 1. The molecule has 0 spiro atoms. The lowest BCUT2D eigenvalue weighted by Crippen LogP contribution is -2.21. The summed E-state index contributed by atoms with van der Waals surface area (Å²) in [5, 5.41) is 9.15. The van der Waals surface area contributed by atoms with Crippen LogP contribution in [0.5, 0.6) is 0 Å². The van der Waals surface area contributed by atoms with Crippen LogP contribution in [-0.2, 0) is 0 Å². The number of hydrogen-bond acceptors (Lipinski definition) is 5. The number of aryl methyl sites for hydroxylation is 1. The fourth-order valence-corrected chi connectivity index (χ4v) is 3.35. The molecule has 0 radical (unpaired) electrons. The summed E-state index contributed by atoms with van der Waals surface area (Å²) in [4.78, 5) is 17.9. The number of nitrogens with zero attached hydrogens (tertiary/aromatic N) is 4. The largest absolute Gasteiger partial charge is 0.292 e. The number of pyridine rings is 1. The summed E-state index contributed by atoms with van der Waals surface area (Å²) in [5.74, 6) is 0. The van der Waals surface area contributed by atoms with Gasteiger partial charge < -0.3 is 0 Å². The highest BCUT2D eigenvalue weighted by molar-refractivity contribution is 7.25. The van der Waals surface area contributed by atoms with Gasteiger partial charge in [-0.05, 0) is 31.2 Å². The van der Waals surface area contributed by atoms with Crippen molar-refractivity contribution < 1.29 is 0 Å². The molecular formula is C15H10N4OS. The third-order valence-corrected chi connectivity index (χ3v) is 4.37. The Hall–Kier alpha value is -2.60. The van der Waals surface area contributed by atoms with Crippen LogP contribution in [-0.4, -0.2) is 20.0 Å². The van der Waals surface area contributed by atoms with E-state index >= 15 is 0 Å². The molecule has 0 saturated heterocycles. The van der Waals surface area contributed by atoms with Crippen LogP contribution in [0.1, 0.15) is 5.69 Å². The molecule has 0 saturated carbocycles. The summed E-state index contributed by atoms with van der Waals surface area (Å²) in [6.45, 7) is 1.93. The topological polar surface area (TPSA) is 60.7 Å². The molecule has 102 valence electrons. The van der Waals surface area contributed by atoms with E-state index in [-0.39, 0.29) is 5.56 Å². The first-order valence-corrected chi connectivity index (χ1v) is 7.27. The van der Waals surface area contributed by atoms with Crippen molar-refractivity contribution >= 4 is 31.8 Å². The summed E-state index contributed by atoms with van der Waals surface area (Å²) in [6, 6.07) is 13.1. The minimum atomic E-state index is -0.160. The smallest absolute Gasteiger partial charge is 0.266 e. The molecule has 6 heteroatoms. The summed E-state index contributed by atoms with van der Waals surface area (Å²) in [6.07, 6.45) is 0. The van der Waals surface area contributed by atoms with Crippen LogP contribution in [0.25, 0.3) is 26.1 Å². The fraction of sp³-hybridized carbons (Fsp3) is 0.0667. The normalized spacial score (nSPS) is 11.3. The van der Waals surface area contributed by atoms with Crippen molar-refractivity contribution in [2.24, 2.45) is 0 Å². The zero-order chi connectivity index (χ0) is 14.4. The van der Waals surface area contributed by atoms with E-state index in [1.54, 1.807) is 0 Å². The van der Waals surface area contributed by atoms with E-state index in [1.165, 1.54) is 16.0 Å². The van der Waals surface area contributed by atoms with Crippen molar-refractivity contribution in [3.05, 3.63) is 58.5 Å². The monoisotopic (exact) mass is 294 g/mol. The Labute approximate surface area is 123 Å². The molecule has 0 fully saturated rings. The van der Waals surface area contributed by atoms with Crippen molar-refractivity contribution in [2.45, 2.75) is 6.92 Å². The van der Waals surface area contributed by atoms with Gasteiger partial charge in [-0.25, -0.2) is 4.98 Å². The zero-order valence-electron chi connectivity index (χ0n) is 11.1. The molecule has 5 nitrogen and oxygen atoms in total. The van der Waals surface area contributed by atoms with E-state index in [0.29, 0.717) is 15.9 Å². The number of fused-ring (bicyclic) bond motifs is 3. The molecule has 4 rings (SSSR count). The number of thiophene rings is 1. The molecule has 21 heavy (non-hydrogen) atoms. The van der Waals surface area contributed by atoms with E-state index in [0.717, 1.165) is 15.9 Å². The van der Waals surface area contributed by atoms with Gasteiger partial charge in [0, 0.05) is 11.1 Å². The molecule has 0 aliphatic carbocycles. The second-order valence-electron chi connectivity index (χ2n) is 4.73. The van der Waals surface area contributed by atoms with E-state index < -0.39 is 0 Å². The van der Waals surface area contributed by atoms with E-state index in [2.05, 4.69) is 15.3 Å². The third kappa shape index (κ3) is 1.84. The molecule has 0 bridgehead atoms. The van der Waals surface area contributed by atoms with Crippen molar-refractivity contribution in [3.8, 4) is 5.69 Å². The van der Waals surface area contributed by atoms with Crippen LogP contribution in [0.3, 0.4) is 0 Å². The molecule has 3 aromatic heterocycles. The van der Waals surface area contributed by atoms with E-state index in [1.807, 2.05) is 49.4 Å². The lowest BCUT2D eigenvalue weighted by atomic mass is 10.3. The number of rotatable bonds is 1. The van der Waals surface area contributed by atoms with Crippen molar-refractivity contribution in [1.82, 2.24) is 20.0 Å². The van der Waals surface area contributed by atoms with Gasteiger partial charge in [-0.1, -0.05) is 23.4 Å². The Bertz CT molecular complexity index is 1020. The highest BCUT2D eigenvalue weighted by atomic mass is 32.1. The lowest BCUT2D eigenvalue weighted by molar-refractivity contribution is 0.740. The maximum Gasteiger partial charge on any atom is 0.292 e. The average molecular weight is 294 g/mol. The fourth-order valence-electron chi connectivity index (χ4n) is 2.27. The Morgan fingerprint density at radius 2 is 1.90 bits per heavy atom. The molecule has 3 heterocycles. The summed E-state index contributed by atoms with van der Waals surface area (Å²) in [5.41, 5.74) is 2.09. The Morgan fingerprint density at radius 1 is 1.10 bits per heavy atom. The minimum Gasteiger partial charge on any atom is -0.266 e. The summed E-state index contributed by atoms with van der Waals surface area (Å²) < 4.78 is 1.91. The van der Waals surface area contributed by atoms with Gasteiger partial charge in [0.25, 0.3) is 5.56 Å². The van der Waals surface area contributed by atoms with Crippen LogP contribution in [0.4, 0.5) is 0 Å². The minimum absolute atomic E-state index is 0.160. The van der Waals surface area contributed by atoms with Gasteiger partial charge in [0.15, 0.2) is 0 Å². The van der Waals surface area contributed by atoms with Gasteiger partial charge in [0.1, 0.15) is 15.0 Å². The van der Waals surface area contributed by atoms with Gasteiger partial charge in [-0.3, -0.25) is 4.79 Å². The van der Waals surface area contributed by atoms with Crippen molar-refractivity contribution in [1.29, 1.82) is 0 Å². The Morgan fingerprint density at radius 3 is 2.71 bits per heavy atom. The molecular weight excluding hydrogens is 284 g/mol. The van der Waals surface area contributed by atoms with Crippen molar-refractivity contribution in [2.75, 3.05) is 0 Å². The first kappa shape index (κ1) is 12.2. The second kappa shape index (κ2) is 4.46. The van der Waals surface area contributed by atoms with Crippen molar-refractivity contribution in [3.63, 3.8) is 0 Å². The molecule has 0 amide bonds. The summed E-state index contributed by atoms with van der Waals surface area (Å²) in [7, 11) is 0. The highest BCUT2D eigenvalue weighted by Crippen LogP contribution is 2.28. The SMILES string of the molecule is Cc1ccc2c(n1)sc1c(=O)n(-c3ccccc3)nnc12. The first-order chi connectivity index (χ1) is 10.2. The predicted octanol–water partition coefficient (Wildman–Crippen LogP) is 2.70. The molecule has 0 aliphatic rings. The zero-order valence-corrected chi connectivity index (χ0v) is 12.0. The Balaban J connectivity index is 2.08. The second-order valence-corrected chi connectivity index (χ2v) is 5.73. The first-order valence-electron chi connectivity index (χ1n) is 6.45. The van der Waals surface area contributed by atoms with Gasteiger partial charge >= 0.3 is 0 Å². The highest BCUT2D eigenvalue weighted by Gasteiger charge is 2.14. The maximum atomic E-state index is 12.6. The van der Waals surface area contributed by atoms with Crippen LogP contribution in [0.15, 0.2) is 47.3 Å². The van der Waals surface area contributed by atoms with Crippen LogP contribution in [0.2, 0.25) is 0 Å². The molecule has 0 N–H and O–H groups in total. The molecule has 4 aromatic rings. The molecule has 0 atom stereocenters. The molecule has 1 aromatic carbocycles. The van der Waals surface area contributed by atoms with Crippen LogP contribution < -0.4 is 5.56 Å². The number of benzene rings is 1.